The van der Waals surface area contributed by atoms with Crippen molar-refractivity contribution in [2.45, 2.75) is 19.3 Å². The Hall–Kier alpha value is -13.5. The molecule has 0 heterocycles. The predicted octanol–water partition coefficient (Wildman–Crippen LogP) is 28.7. The Morgan fingerprint density at radius 1 is 0.181 bits per heavy atom. The summed E-state index contributed by atoms with van der Waals surface area (Å²) in [6.07, 6.45) is 0. The van der Waals surface area contributed by atoms with E-state index < -0.39 is 0 Å². The Morgan fingerprint density at radius 3 is 0.848 bits per heavy atom. The molecule has 0 amide bonds. The van der Waals surface area contributed by atoms with Crippen molar-refractivity contribution in [3.8, 4) is 33.4 Å². The van der Waals surface area contributed by atoms with E-state index in [1.807, 2.05) is 0 Å². The van der Waals surface area contributed by atoms with Crippen LogP contribution in [-0.2, 0) is 5.41 Å². The first-order chi connectivity index (χ1) is 51.9. The Balaban J connectivity index is 0.000000156. The van der Waals surface area contributed by atoms with E-state index in [-0.39, 0.29) is 5.41 Å². The zero-order chi connectivity index (χ0) is 70.2. The van der Waals surface area contributed by atoms with Crippen LogP contribution in [0.5, 0.6) is 0 Å². The molecule has 1 aliphatic carbocycles. The molecule has 4 nitrogen and oxygen atoms in total. The third-order valence-electron chi connectivity index (χ3n) is 20.9. The lowest BCUT2D eigenvalue weighted by Crippen LogP contribution is -2.18. The molecule has 105 heavy (non-hydrogen) atoms. The van der Waals surface area contributed by atoms with Crippen LogP contribution in [0.3, 0.4) is 0 Å². The van der Waals surface area contributed by atoms with Gasteiger partial charge in [-0.2, -0.15) is 0 Å². The third kappa shape index (κ3) is 11.8. The summed E-state index contributed by atoms with van der Waals surface area (Å²) in [5.74, 6) is 0. The minimum Gasteiger partial charge on any atom is -0.310 e. The lowest BCUT2D eigenvalue weighted by Gasteiger charge is -2.30. The Labute approximate surface area is 614 Å². The second-order valence-electron chi connectivity index (χ2n) is 27.6. The molecule has 1 aliphatic rings. The first-order valence-corrected chi connectivity index (χ1v) is 36.2. The number of fused-ring (bicyclic) bond motifs is 9. The number of hydrogen-bond donors (Lipinski definition) is 0. The normalized spacial score (nSPS) is 12.0. The van der Waals surface area contributed by atoms with Crippen LogP contribution < -0.4 is 19.6 Å². The Bertz CT molecular complexity index is 5790. The van der Waals surface area contributed by atoms with Crippen molar-refractivity contribution in [1.82, 2.24) is 0 Å². The van der Waals surface area contributed by atoms with E-state index in [4.69, 9.17) is 0 Å². The van der Waals surface area contributed by atoms with Crippen molar-refractivity contribution in [1.29, 1.82) is 0 Å². The highest BCUT2D eigenvalue weighted by Crippen LogP contribution is 2.57. The van der Waals surface area contributed by atoms with Gasteiger partial charge in [-0.15, -0.1) is 0 Å². The fourth-order valence-corrected chi connectivity index (χ4v) is 16.1. The zero-order valence-electron chi connectivity index (χ0n) is 58.5. The summed E-state index contributed by atoms with van der Waals surface area (Å²) >= 11 is 0. The smallest absolute Gasteiger partial charge is 0.0543 e. The van der Waals surface area contributed by atoms with Gasteiger partial charge in [-0.25, -0.2) is 0 Å². The summed E-state index contributed by atoms with van der Waals surface area (Å²) in [4.78, 5) is 9.49. The highest BCUT2D eigenvalue weighted by molar-refractivity contribution is 6.23. The first-order valence-electron chi connectivity index (χ1n) is 36.2. The van der Waals surface area contributed by atoms with Crippen LogP contribution in [0.25, 0.3) is 87.2 Å². The molecule has 0 radical (unpaired) electrons. The fraction of sp³-hybridized carbons (Fsp3) is 0.0297. The van der Waals surface area contributed by atoms with Gasteiger partial charge in [0.05, 0.1) is 5.69 Å². The molecule has 19 rings (SSSR count). The van der Waals surface area contributed by atoms with Gasteiger partial charge in [-0.1, -0.05) is 275 Å². The van der Waals surface area contributed by atoms with Crippen molar-refractivity contribution in [2.24, 2.45) is 0 Å². The summed E-state index contributed by atoms with van der Waals surface area (Å²) in [6.45, 7) is 4.76. The topological polar surface area (TPSA) is 13.0 Å². The van der Waals surface area contributed by atoms with E-state index >= 15 is 0 Å². The molecule has 0 spiro atoms. The quantitative estimate of drug-likeness (QED) is 0.101. The molecule has 4 heteroatoms. The van der Waals surface area contributed by atoms with Crippen molar-refractivity contribution in [2.75, 3.05) is 19.6 Å². The lowest BCUT2D eigenvalue weighted by molar-refractivity contribution is 0.661. The summed E-state index contributed by atoms with van der Waals surface area (Å²) in [5.41, 5.74) is 23.5. The molecule has 0 atom stereocenters. The van der Waals surface area contributed by atoms with Gasteiger partial charge in [0, 0.05) is 73.4 Å². The van der Waals surface area contributed by atoms with Crippen LogP contribution in [0, 0.1) is 0 Å². The van der Waals surface area contributed by atoms with Crippen LogP contribution >= 0.6 is 0 Å². The van der Waals surface area contributed by atoms with Gasteiger partial charge in [-0.05, 0) is 245 Å². The van der Waals surface area contributed by atoms with Crippen LogP contribution in [0.2, 0.25) is 0 Å². The largest absolute Gasteiger partial charge is 0.310 e. The molecular formula is C101H74N4. The van der Waals surface area contributed by atoms with E-state index in [1.165, 1.54) is 104 Å². The highest BCUT2D eigenvalue weighted by atomic mass is 15.2. The molecule has 0 saturated carbocycles. The number of anilines is 12. The van der Waals surface area contributed by atoms with E-state index in [9.17, 15) is 0 Å². The molecule has 0 fully saturated rings. The second kappa shape index (κ2) is 27.4. The summed E-state index contributed by atoms with van der Waals surface area (Å²) in [5, 5.41) is 12.2. The molecule has 0 unspecified atom stereocenters. The van der Waals surface area contributed by atoms with Crippen LogP contribution in [0.4, 0.5) is 68.2 Å². The van der Waals surface area contributed by atoms with Crippen LogP contribution in [0.15, 0.2) is 413 Å². The van der Waals surface area contributed by atoms with E-state index in [1.54, 1.807) is 0 Å². The van der Waals surface area contributed by atoms with Gasteiger partial charge in [0.2, 0.25) is 0 Å². The second-order valence-corrected chi connectivity index (χ2v) is 27.6. The average Bonchev–Trinajstić information content (AvgIpc) is 1.67. The molecule has 18 aromatic rings. The van der Waals surface area contributed by atoms with E-state index in [0.29, 0.717) is 0 Å². The van der Waals surface area contributed by atoms with Crippen molar-refractivity contribution in [3.05, 3.63) is 424 Å². The number of nitrogens with zero attached hydrogens (tertiary/aromatic N) is 4. The highest BCUT2D eigenvalue weighted by Gasteiger charge is 2.39. The van der Waals surface area contributed by atoms with Gasteiger partial charge in [0.1, 0.15) is 0 Å². The SMILES string of the molecule is CC1(C)c2cc(N(c3ccccc3)c3ccccc3)ccc2-c2c1cc(N(c1ccccc1)c1ccccc1)c1ccccc21.c1ccc(N(c2ccccc2)c2ccc3c(-c4ccc5ccccc5c4)c4cc(N(c5ccccc5)c5ccccc5)ccc4c(-c4ccc5ccccc5c4)c3c2)cc1. The standard InChI is InChI=1S/C58H40N2.C43H34N2/c1-5-21-47(22-6-1)59(48-23-7-2-8-24-48)51-33-35-53-55(39-51)57(45-31-29-41-17-13-15-19-43(41)37-45)54-36-34-52(60(49-25-9-3-10-26-49)50-27-11-4-12-28-50)40-56(54)58(53)46-32-30-42-18-14-16-20-44(42)38-46;1-43(2)39-29-35(44(31-17-7-3-8-18-31)32-19-9-4-10-20-32)27-28-38(39)42-37-26-16-15-25-36(37)41(30-40(42)43)45(33-21-11-5-12-22-33)34-23-13-6-14-24-34/h1-40H;3-30H,1-2H3. The molecule has 0 aromatic heterocycles. The first kappa shape index (κ1) is 63.6. The molecule has 18 aromatic carbocycles. The minimum absolute atomic E-state index is 0.211. The number of benzene rings is 18. The molecular weight excluding hydrogens is 1270 g/mol. The van der Waals surface area contributed by atoms with Gasteiger partial charge in [0.25, 0.3) is 0 Å². The fourth-order valence-electron chi connectivity index (χ4n) is 16.1. The van der Waals surface area contributed by atoms with Gasteiger partial charge < -0.3 is 19.6 Å². The van der Waals surface area contributed by atoms with Crippen molar-refractivity contribution >= 4 is 122 Å². The maximum Gasteiger partial charge on any atom is 0.0543 e. The van der Waals surface area contributed by atoms with E-state index in [0.717, 1.165) is 62.6 Å². The maximum atomic E-state index is 2.45. The van der Waals surface area contributed by atoms with Gasteiger partial charge >= 0.3 is 0 Å². The third-order valence-corrected chi connectivity index (χ3v) is 20.9. The number of para-hydroxylation sites is 8. The average molecular weight is 1340 g/mol. The summed E-state index contributed by atoms with van der Waals surface area (Å²) in [6, 6.07) is 149. The van der Waals surface area contributed by atoms with Crippen molar-refractivity contribution in [3.63, 3.8) is 0 Å². The lowest BCUT2D eigenvalue weighted by atomic mass is 9.81. The summed E-state index contributed by atoms with van der Waals surface area (Å²) < 4.78 is 0. The molecule has 0 saturated heterocycles. The maximum absolute atomic E-state index is 2.45. The van der Waals surface area contributed by atoms with Crippen molar-refractivity contribution < 1.29 is 0 Å². The molecule has 0 bridgehead atoms. The monoisotopic (exact) mass is 1340 g/mol. The minimum atomic E-state index is -0.211. The van der Waals surface area contributed by atoms with Gasteiger partial charge in [0.15, 0.2) is 0 Å². The molecule has 498 valence electrons. The molecule has 0 N–H and O–H groups in total. The van der Waals surface area contributed by atoms with Gasteiger partial charge in [-0.3, -0.25) is 0 Å². The predicted molar refractivity (Wildman–Crippen MR) is 448 cm³/mol. The molecule has 0 aliphatic heterocycles. The summed E-state index contributed by atoms with van der Waals surface area (Å²) in [7, 11) is 0. The number of hydrogen-bond acceptors (Lipinski definition) is 4. The number of rotatable bonds is 14. The van der Waals surface area contributed by atoms with Crippen LogP contribution in [0.1, 0.15) is 25.0 Å². The Morgan fingerprint density at radius 2 is 0.476 bits per heavy atom. The zero-order valence-corrected chi connectivity index (χ0v) is 58.5. The Kier molecular flexibility index (Phi) is 16.6. The van der Waals surface area contributed by atoms with E-state index in [2.05, 4.69) is 446 Å². The van der Waals surface area contributed by atoms with Crippen LogP contribution in [-0.4, -0.2) is 0 Å².